The van der Waals surface area contributed by atoms with E-state index in [0.29, 0.717) is 6.04 Å². The van der Waals surface area contributed by atoms with E-state index in [1.807, 2.05) is 18.6 Å². The van der Waals surface area contributed by atoms with E-state index in [2.05, 4.69) is 57.3 Å². The molecular weight excluding hydrogens is 332 g/mol. The molecular formula is C23H24N4. The van der Waals surface area contributed by atoms with Crippen molar-refractivity contribution in [3.05, 3.63) is 66.6 Å². The van der Waals surface area contributed by atoms with Crippen molar-refractivity contribution < 1.29 is 0 Å². The summed E-state index contributed by atoms with van der Waals surface area (Å²) in [6.45, 7) is 3.16. The average Bonchev–Trinajstić information content (AvgIpc) is 3.17. The fraction of sp³-hybridized carbons (Fsp3) is 0.261. The molecule has 4 heteroatoms. The average molecular weight is 356 g/mol. The molecule has 4 nitrogen and oxygen atoms in total. The van der Waals surface area contributed by atoms with Crippen molar-refractivity contribution in [2.24, 2.45) is 5.73 Å². The highest BCUT2D eigenvalue weighted by molar-refractivity contribution is 5.98. The molecule has 0 saturated carbocycles. The van der Waals surface area contributed by atoms with Gasteiger partial charge in [-0.3, -0.25) is 9.88 Å². The van der Waals surface area contributed by atoms with Crippen LogP contribution in [0.25, 0.3) is 32.8 Å². The minimum atomic E-state index is 0.374. The van der Waals surface area contributed by atoms with Crippen LogP contribution in [0, 0.1) is 0 Å². The third-order valence-electron chi connectivity index (χ3n) is 5.73. The van der Waals surface area contributed by atoms with Crippen LogP contribution in [-0.4, -0.2) is 34.0 Å². The van der Waals surface area contributed by atoms with E-state index in [0.717, 1.165) is 38.0 Å². The van der Waals surface area contributed by atoms with Gasteiger partial charge < -0.3 is 10.7 Å². The van der Waals surface area contributed by atoms with Gasteiger partial charge in [-0.15, -0.1) is 0 Å². The molecule has 1 aliphatic heterocycles. The van der Waals surface area contributed by atoms with Crippen LogP contribution in [0.2, 0.25) is 0 Å². The SMILES string of the molecule is NC1CCN(Cc2ccc3cncc(-c4ccc5cc[nH]c5c4)c3c2)CC1. The number of hydrogen-bond acceptors (Lipinski definition) is 3. The zero-order valence-corrected chi connectivity index (χ0v) is 15.4. The Hall–Kier alpha value is -2.69. The quantitative estimate of drug-likeness (QED) is 0.575. The maximum absolute atomic E-state index is 6.04. The fourth-order valence-corrected chi connectivity index (χ4v) is 4.12. The molecule has 2 aromatic carbocycles. The van der Waals surface area contributed by atoms with Crippen molar-refractivity contribution in [3.8, 4) is 11.1 Å². The molecule has 4 aromatic rings. The number of pyridine rings is 1. The van der Waals surface area contributed by atoms with Gasteiger partial charge in [0.15, 0.2) is 0 Å². The van der Waals surface area contributed by atoms with Crippen LogP contribution in [0.4, 0.5) is 0 Å². The predicted molar refractivity (Wildman–Crippen MR) is 112 cm³/mol. The Morgan fingerprint density at radius 1 is 1.00 bits per heavy atom. The third-order valence-corrected chi connectivity index (χ3v) is 5.73. The number of aromatic nitrogens is 2. The van der Waals surface area contributed by atoms with Crippen molar-refractivity contribution in [2.75, 3.05) is 13.1 Å². The molecule has 1 saturated heterocycles. The Morgan fingerprint density at radius 3 is 2.74 bits per heavy atom. The highest BCUT2D eigenvalue weighted by Gasteiger charge is 2.16. The third kappa shape index (κ3) is 3.22. The van der Waals surface area contributed by atoms with E-state index < -0.39 is 0 Å². The second-order valence-electron chi connectivity index (χ2n) is 7.64. The molecule has 2 aromatic heterocycles. The van der Waals surface area contributed by atoms with Gasteiger partial charge in [-0.25, -0.2) is 0 Å². The number of piperidine rings is 1. The van der Waals surface area contributed by atoms with Crippen molar-refractivity contribution in [1.29, 1.82) is 0 Å². The number of H-pyrrole nitrogens is 1. The fourth-order valence-electron chi connectivity index (χ4n) is 4.12. The summed E-state index contributed by atoms with van der Waals surface area (Å²) in [5.41, 5.74) is 10.9. The second-order valence-corrected chi connectivity index (χ2v) is 7.64. The molecule has 3 heterocycles. The van der Waals surface area contributed by atoms with Gasteiger partial charge in [-0.1, -0.05) is 24.3 Å². The van der Waals surface area contributed by atoms with Gasteiger partial charge in [-0.05, 0) is 66.0 Å². The molecule has 1 fully saturated rings. The number of benzene rings is 2. The van der Waals surface area contributed by atoms with Crippen LogP contribution >= 0.6 is 0 Å². The normalized spacial score (nSPS) is 16.3. The lowest BCUT2D eigenvalue weighted by atomic mass is 9.98. The molecule has 5 rings (SSSR count). The molecule has 0 spiro atoms. The summed E-state index contributed by atoms with van der Waals surface area (Å²) in [7, 11) is 0. The van der Waals surface area contributed by atoms with Gasteiger partial charge in [0.05, 0.1) is 0 Å². The van der Waals surface area contributed by atoms with Gasteiger partial charge in [0.25, 0.3) is 0 Å². The molecule has 0 radical (unpaired) electrons. The van der Waals surface area contributed by atoms with E-state index in [4.69, 9.17) is 5.73 Å². The monoisotopic (exact) mass is 356 g/mol. The van der Waals surface area contributed by atoms with Crippen LogP contribution in [0.15, 0.2) is 61.1 Å². The zero-order chi connectivity index (χ0) is 18.2. The van der Waals surface area contributed by atoms with Gasteiger partial charge in [-0.2, -0.15) is 0 Å². The Morgan fingerprint density at radius 2 is 1.85 bits per heavy atom. The number of nitrogens with two attached hydrogens (primary N) is 1. The molecule has 27 heavy (non-hydrogen) atoms. The van der Waals surface area contributed by atoms with E-state index in [1.54, 1.807) is 0 Å². The van der Waals surface area contributed by atoms with Gasteiger partial charge in [0.2, 0.25) is 0 Å². The zero-order valence-electron chi connectivity index (χ0n) is 15.4. The Labute approximate surface area is 159 Å². The van der Waals surface area contributed by atoms with E-state index in [9.17, 15) is 0 Å². The molecule has 0 unspecified atom stereocenters. The van der Waals surface area contributed by atoms with E-state index in [-0.39, 0.29) is 0 Å². The highest BCUT2D eigenvalue weighted by atomic mass is 15.1. The number of likely N-dealkylation sites (tertiary alicyclic amines) is 1. The largest absolute Gasteiger partial charge is 0.361 e. The highest BCUT2D eigenvalue weighted by Crippen LogP contribution is 2.30. The lowest BCUT2D eigenvalue weighted by Gasteiger charge is -2.30. The minimum absolute atomic E-state index is 0.374. The summed E-state index contributed by atoms with van der Waals surface area (Å²) < 4.78 is 0. The summed E-state index contributed by atoms with van der Waals surface area (Å²) in [5, 5.41) is 3.68. The molecule has 0 bridgehead atoms. The van der Waals surface area contributed by atoms with Crippen LogP contribution in [0.5, 0.6) is 0 Å². The van der Waals surface area contributed by atoms with Crippen LogP contribution in [-0.2, 0) is 6.54 Å². The van der Waals surface area contributed by atoms with Gasteiger partial charge >= 0.3 is 0 Å². The molecule has 0 amide bonds. The molecule has 3 N–H and O–H groups in total. The first-order valence-corrected chi connectivity index (χ1v) is 9.68. The lowest BCUT2D eigenvalue weighted by Crippen LogP contribution is -2.39. The smallest absolute Gasteiger partial charge is 0.0460 e. The van der Waals surface area contributed by atoms with Crippen molar-refractivity contribution >= 4 is 21.7 Å². The Kier molecular flexibility index (Phi) is 4.15. The number of nitrogens with zero attached hydrogens (tertiary/aromatic N) is 2. The summed E-state index contributed by atoms with van der Waals surface area (Å²) in [6, 6.07) is 15.8. The molecule has 1 aliphatic rings. The van der Waals surface area contributed by atoms with E-state index in [1.165, 1.54) is 32.8 Å². The number of aromatic amines is 1. The van der Waals surface area contributed by atoms with E-state index >= 15 is 0 Å². The minimum Gasteiger partial charge on any atom is -0.361 e. The summed E-state index contributed by atoms with van der Waals surface area (Å²) in [4.78, 5) is 10.3. The standard InChI is InChI=1S/C23H24N4/c24-20-6-9-27(10-7-20)15-16-1-2-19-13-25-14-22(21(19)11-16)18-4-3-17-5-8-26-23(17)12-18/h1-5,8,11-14,20,26H,6-7,9-10,15,24H2. The number of nitrogens with one attached hydrogen (secondary N) is 1. The Balaban J connectivity index is 1.52. The van der Waals surface area contributed by atoms with Crippen molar-refractivity contribution in [2.45, 2.75) is 25.4 Å². The van der Waals surface area contributed by atoms with Gasteiger partial charge in [0, 0.05) is 47.6 Å². The molecule has 136 valence electrons. The van der Waals surface area contributed by atoms with Crippen LogP contribution < -0.4 is 5.73 Å². The van der Waals surface area contributed by atoms with Crippen LogP contribution in [0.3, 0.4) is 0 Å². The first-order valence-electron chi connectivity index (χ1n) is 9.68. The van der Waals surface area contributed by atoms with Crippen molar-refractivity contribution in [1.82, 2.24) is 14.9 Å². The molecule has 0 atom stereocenters. The maximum atomic E-state index is 6.04. The number of fused-ring (bicyclic) bond motifs is 2. The predicted octanol–water partition coefficient (Wildman–Crippen LogP) is 4.31. The maximum Gasteiger partial charge on any atom is 0.0460 e. The van der Waals surface area contributed by atoms with Crippen molar-refractivity contribution in [3.63, 3.8) is 0 Å². The number of hydrogen-bond donors (Lipinski definition) is 2. The first-order chi connectivity index (χ1) is 13.3. The summed E-state index contributed by atoms with van der Waals surface area (Å²) in [6.07, 6.45) is 8.11. The second kappa shape index (κ2) is 6.80. The summed E-state index contributed by atoms with van der Waals surface area (Å²) in [5.74, 6) is 0. The number of rotatable bonds is 3. The molecule has 0 aliphatic carbocycles. The Bertz CT molecular complexity index is 1090. The lowest BCUT2D eigenvalue weighted by molar-refractivity contribution is 0.206. The topological polar surface area (TPSA) is 57.9 Å². The first kappa shape index (κ1) is 16.5. The summed E-state index contributed by atoms with van der Waals surface area (Å²) >= 11 is 0. The van der Waals surface area contributed by atoms with Crippen LogP contribution in [0.1, 0.15) is 18.4 Å². The van der Waals surface area contributed by atoms with Gasteiger partial charge in [0.1, 0.15) is 0 Å².